The molecule has 0 unspecified atom stereocenters. The maximum absolute atomic E-state index is 12.0. The van der Waals surface area contributed by atoms with Crippen molar-refractivity contribution in [1.29, 1.82) is 0 Å². The van der Waals surface area contributed by atoms with Crippen LogP contribution in [0.15, 0.2) is 34.2 Å². The number of amides is 1. The topological polar surface area (TPSA) is 68.0 Å². The summed E-state index contributed by atoms with van der Waals surface area (Å²) < 4.78 is 4.94. The molecule has 1 aromatic carbocycles. The molecule has 3 aromatic rings. The Bertz CT molecular complexity index is 836. The first-order valence-corrected chi connectivity index (χ1v) is 7.69. The van der Waals surface area contributed by atoms with E-state index in [2.05, 4.69) is 41.4 Å². The van der Waals surface area contributed by atoms with Crippen LogP contribution in [0.5, 0.6) is 0 Å². The molecule has 0 fully saturated rings. The second kappa shape index (κ2) is 5.73. The summed E-state index contributed by atoms with van der Waals surface area (Å²) in [4.78, 5) is 16.5. The van der Waals surface area contributed by atoms with Gasteiger partial charge >= 0.3 is 0 Å². The van der Waals surface area contributed by atoms with Gasteiger partial charge in [-0.15, -0.1) is 11.3 Å². The van der Waals surface area contributed by atoms with Gasteiger partial charge in [-0.3, -0.25) is 10.1 Å². The zero-order valence-electron chi connectivity index (χ0n) is 12.5. The third kappa shape index (κ3) is 2.92. The Labute approximate surface area is 132 Å². The van der Waals surface area contributed by atoms with Gasteiger partial charge in [0.2, 0.25) is 5.76 Å². The van der Waals surface area contributed by atoms with Gasteiger partial charge in [-0.2, -0.15) is 0 Å². The molecular weight excluding hydrogens is 298 g/mol. The summed E-state index contributed by atoms with van der Waals surface area (Å²) in [5.41, 5.74) is 4.96. The largest absolute Gasteiger partial charge is 0.351 e. The lowest BCUT2D eigenvalue weighted by Gasteiger charge is -2.03. The molecule has 1 N–H and O–H groups in total. The Morgan fingerprint density at radius 3 is 2.73 bits per heavy atom. The van der Waals surface area contributed by atoms with Crippen molar-refractivity contribution in [3.05, 3.63) is 52.2 Å². The predicted molar refractivity (Wildman–Crippen MR) is 86.2 cm³/mol. The van der Waals surface area contributed by atoms with Crippen LogP contribution in [0.1, 0.15) is 27.4 Å². The number of carbonyl (C=O) groups is 1. The zero-order valence-corrected chi connectivity index (χ0v) is 13.3. The van der Waals surface area contributed by atoms with Crippen LogP contribution in [0.2, 0.25) is 0 Å². The van der Waals surface area contributed by atoms with Crippen LogP contribution >= 0.6 is 11.3 Å². The second-order valence-electron chi connectivity index (χ2n) is 5.14. The number of hydrogen-bond acceptors (Lipinski definition) is 5. The minimum absolute atomic E-state index is 0.181. The summed E-state index contributed by atoms with van der Waals surface area (Å²) in [7, 11) is 0. The van der Waals surface area contributed by atoms with E-state index >= 15 is 0 Å². The van der Waals surface area contributed by atoms with E-state index in [-0.39, 0.29) is 11.7 Å². The summed E-state index contributed by atoms with van der Waals surface area (Å²) in [6, 6.07) is 7.81. The van der Waals surface area contributed by atoms with Crippen LogP contribution in [-0.2, 0) is 0 Å². The number of carbonyl (C=O) groups excluding carboxylic acids is 1. The average Bonchev–Trinajstić information content (AvgIpc) is 3.08. The van der Waals surface area contributed by atoms with Crippen molar-refractivity contribution in [2.24, 2.45) is 0 Å². The van der Waals surface area contributed by atoms with E-state index in [9.17, 15) is 4.79 Å². The fraction of sp³-hybridized carbons (Fsp3) is 0.188. The molecule has 0 saturated heterocycles. The van der Waals surface area contributed by atoms with Crippen molar-refractivity contribution in [3.63, 3.8) is 0 Å². The fourth-order valence-corrected chi connectivity index (χ4v) is 2.89. The normalized spacial score (nSPS) is 10.7. The number of thiazole rings is 1. The summed E-state index contributed by atoms with van der Waals surface area (Å²) in [5.74, 6) is -0.164. The maximum Gasteiger partial charge on any atom is 0.296 e. The molecule has 0 atom stereocenters. The van der Waals surface area contributed by atoms with E-state index in [0.717, 1.165) is 16.8 Å². The minimum atomic E-state index is -0.345. The van der Waals surface area contributed by atoms with E-state index in [4.69, 9.17) is 4.52 Å². The molecule has 0 aliphatic heterocycles. The third-order valence-electron chi connectivity index (χ3n) is 3.23. The van der Waals surface area contributed by atoms with E-state index < -0.39 is 0 Å². The van der Waals surface area contributed by atoms with Gasteiger partial charge in [0.25, 0.3) is 5.91 Å². The summed E-state index contributed by atoms with van der Waals surface area (Å²) in [6.45, 7) is 5.88. The number of aryl methyl sites for hydroxylation is 3. The Kier molecular flexibility index (Phi) is 3.77. The number of aromatic nitrogens is 2. The molecule has 5 nitrogen and oxygen atoms in total. The highest BCUT2D eigenvalue weighted by Crippen LogP contribution is 2.28. The molecule has 112 valence electrons. The Balaban J connectivity index is 1.80. The van der Waals surface area contributed by atoms with Crippen LogP contribution < -0.4 is 5.32 Å². The Morgan fingerprint density at radius 1 is 1.23 bits per heavy atom. The Morgan fingerprint density at radius 2 is 2.05 bits per heavy atom. The quantitative estimate of drug-likeness (QED) is 0.794. The van der Waals surface area contributed by atoms with Crippen LogP contribution in [0.3, 0.4) is 0 Å². The summed E-state index contributed by atoms with van der Waals surface area (Å²) >= 11 is 1.38. The highest BCUT2D eigenvalue weighted by molar-refractivity contribution is 7.14. The molecule has 6 heteroatoms. The molecule has 3 rings (SSSR count). The second-order valence-corrected chi connectivity index (χ2v) is 6.00. The van der Waals surface area contributed by atoms with Crippen LogP contribution in [0, 0.1) is 20.8 Å². The van der Waals surface area contributed by atoms with Gasteiger partial charge in [0.05, 0.1) is 11.4 Å². The molecule has 2 aromatic heterocycles. The van der Waals surface area contributed by atoms with E-state index in [1.165, 1.54) is 16.9 Å². The molecule has 0 aliphatic rings. The molecular formula is C16H15N3O2S. The van der Waals surface area contributed by atoms with Gasteiger partial charge in [0, 0.05) is 17.0 Å². The van der Waals surface area contributed by atoms with Crippen molar-refractivity contribution in [2.45, 2.75) is 20.8 Å². The van der Waals surface area contributed by atoms with Crippen molar-refractivity contribution < 1.29 is 9.32 Å². The number of rotatable bonds is 3. The highest BCUT2D eigenvalue weighted by Gasteiger charge is 2.14. The SMILES string of the molecule is Cc1ccc(-c2csc(NC(=O)c3cc(C)no3)n2)c(C)c1. The first-order valence-electron chi connectivity index (χ1n) is 6.81. The Hall–Kier alpha value is -2.47. The van der Waals surface area contributed by atoms with Crippen LogP contribution in [-0.4, -0.2) is 16.0 Å². The molecule has 0 spiro atoms. The molecule has 0 saturated carbocycles. The number of anilines is 1. The molecule has 1 amide bonds. The summed E-state index contributed by atoms with van der Waals surface area (Å²) in [5, 5.41) is 8.89. The number of benzene rings is 1. The van der Waals surface area contributed by atoms with Gasteiger partial charge in [0.1, 0.15) is 0 Å². The highest BCUT2D eigenvalue weighted by atomic mass is 32.1. The summed E-state index contributed by atoms with van der Waals surface area (Å²) in [6.07, 6.45) is 0. The van der Waals surface area contributed by atoms with Crippen molar-refractivity contribution in [2.75, 3.05) is 5.32 Å². The van der Waals surface area contributed by atoms with Crippen LogP contribution in [0.25, 0.3) is 11.3 Å². The van der Waals surface area contributed by atoms with Crippen molar-refractivity contribution in [1.82, 2.24) is 10.1 Å². The number of hydrogen-bond donors (Lipinski definition) is 1. The average molecular weight is 313 g/mol. The van der Waals surface area contributed by atoms with Crippen LogP contribution in [0.4, 0.5) is 5.13 Å². The van der Waals surface area contributed by atoms with Gasteiger partial charge in [-0.25, -0.2) is 4.98 Å². The lowest BCUT2D eigenvalue weighted by Crippen LogP contribution is -2.10. The van der Waals surface area contributed by atoms with Crippen molar-refractivity contribution >= 4 is 22.4 Å². The third-order valence-corrected chi connectivity index (χ3v) is 3.99. The minimum Gasteiger partial charge on any atom is -0.351 e. The number of nitrogens with zero attached hydrogens (tertiary/aromatic N) is 2. The zero-order chi connectivity index (χ0) is 15.7. The fourth-order valence-electron chi connectivity index (χ4n) is 2.19. The first-order chi connectivity index (χ1) is 10.5. The smallest absolute Gasteiger partial charge is 0.296 e. The molecule has 0 aliphatic carbocycles. The van der Waals surface area contributed by atoms with Gasteiger partial charge in [-0.05, 0) is 26.3 Å². The lowest BCUT2D eigenvalue weighted by atomic mass is 10.0. The van der Waals surface area contributed by atoms with E-state index in [1.807, 2.05) is 11.4 Å². The lowest BCUT2D eigenvalue weighted by molar-refractivity contribution is 0.0988. The van der Waals surface area contributed by atoms with E-state index in [0.29, 0.717) is 10.8 Å². The first kappa shape index (κ1) is 14.5. The van der Waals surface area contributed by atoms with Gasteiger partial charge in [-0.1, -0.05) is 28.9 Å². The molecule has 2 heterocycles. The molecule has 22 heavy (non-hydrogen) atoms. The predicted octanol–water partition coefficient (Wildman–Crippen LogP) is 3.98. The van der Waals surface area contributed by atoms with E-state index in [1.54, 1.807) is 13.0 Å². The number of nitrogens with one attached hydrogen (secondary N) is 1. The monoisotopic (exact) mass is 313 g/mol. The van der Waals surface area contributed by atoms with Gasteiger partial charge < -0.3 is 4.52 Å². The van der Waals surface area contributed by atoms with Crippen molar-refractivity contribution in [3.8, 4) is 11.3 Å². The molecule has 0 bridgehead atoms. The molecule has 0 radical (unpaired) electrons. The standard InChI is InChI=1S/C16H15N3O2S/c1-9-4-5-12(10(2)6-9)13-8-22-16(17-13)18-15(20)14-7-11(3)19-21-14/h4-8H,1-3H3,(H,17,18,20). The van der Waals surface area contributed by atoms with Gasteiger partial charge in [0.15, 0.2) is 5.13 Å². The maximum atomic E-state index is 12.0.